The molecule has 1 aromatic heterocycles. The van der Waals surface area contributed by atoms with Crippen LogP contribution in [0.1, 0.15) is 31.7 Å². The van der Waals surface area contributed by atoms with Crippen LogP contribution in [-0.4, -0.2) is 29.9 Å². The second-order valence-electron chi connectivity index (χ2n) is 6.35. The highest BCUT2D eigenvalue weighted by atomic mass is 16.5. The summed E-state index contributed by atoms with van der Waals surface area (Å²) in [6, 6.07) is 6.49. The summed E-state index contributed by atoms with van der Waals surface area (Å²) in [6.07, 6.45) is 5.78. The molecule has 112 valence electrons. The Bertz CT molecular complexity index is 614. The molecule has 2 heterocycles. The molecule has 1 aromatic carbocycles. The number of nitrogens with one attached hydrogen (secondary N) is 2. The fraction of sp³-hybridized carbons (Fsp3) is 0.588. The molecule has 1 saturated carbocycles. The molecule has 21 heavy (non-hydrogen) atoms. The first kappa shape index (κ1) is 13.3. The Morgan fingerprint density at radius 2 is 2.10 bits per heavy atom. The quantitative estimate of drug-likeness (QED) is 0.911. The molecule has 4 heteroatoms. The van der Waals surface area contributed by atoms with Crippen LogP contribution in [0.5, 0.6) is 0 Å². The zero-order chi connectivity index (χ0) is 14.3. The second kappa shape index (κ2) is 5.11. The van der Waals surface area contributed by atoms with Crippen molar-refractivity contribution in [2.24, 2.45) is 11.8 Å². The monoisotopic (exact) mass is 285 g/mol. The highest BCUT2D eigenvalue weighted by Gasteiger charge is 2.52. The normalized spacial score (nSPS) is 32.4. The number of rotatable bonds is 3. The van der Waals surface area contributed by atoms with Gasteiger partial charge in [-0.25, -0.2) is 0 Å². The van der Waals surface area contributed by atoms with Gasteiger partial charge in [-0.1, -0.05) is 18.6 Å². The van der Waals surface area contributed by atoms with E-state index in [9.17, 15) is 0 Å². The molecule has 1 saturated heterocycles. The van der Waals surface area contributed by atoms with Gasteiger partial charge in [-0.15, -0.1) is 0 Å². The number of nitrogens with zero attached hydrogens (tertiary/aromatic N) is 1. The van der Waals surface area contributed by atoms with Crippen molar-refractivity contribution in [1.29, 1.82) is 0 Å². The molecule has 0 amide bonds. The van der Waals surface area contributed by atoms with E-state index >= 15 is 0 Å². The molecule has 2 fully saturated rings. The minimum atomic E-state index is -0.137. The maximum absolute atomic E-state index is 6.52. The lowest BCUT2D eigenvalue weighted by atomic mass is 9.62. The summed E-state index contributed by atoms with van der Waals surface area (Å²) in [6.45, 7) is 5.01. The van der Waals surface area contributed by atoms with E-state index in [4.69, 9.17) is 4.74 Å². The zero-order valence-electron chi connectivity index (χ0n) is 12.6. The Morgan fingerprint density at radius 1 is 1.29 bits per heavy atom. The number of piperidine rings is 1. The van der Waals surface area contributed by atoms with E-state index in [-0.39, 0.29) is 5.60 Å². The lowest BCUT2D eigenvalue weighted by molar-refractivity contribution is -0.160. The largest absolute Gasteiger partial charge is 0.370 e. The second-order valence-corrected chi connectivity index (χ2v) is 6.35. The van der Waals surface area contributed by atoms with Gasteiger partial charge in [0, 0.05) is 36.9 Å². The average Bonchev–Trinajstić information content (AvgIpc) is 2.95. The molecule has 2 bridgehead atoms. The highest BCUT2D eigenvalue weighted by molar-refractivity contribution is 5.82. The SMILES string of the molecule is CCOC1(c2cccc3[nH]ncc23)C2CCCC1CNC2. The van der Waals surface area contributed by atoms with Crippen LogP contribution in [0.25, 0.3) is 10.9 Å². The molecule has 2 atom stereocenters. The van der Waals surface area contributed by atoms with Crippen molar-refractivity contribution in [3.05, 3.63) is 30.0 Å². The summed E-state index contributed by atoms with van der Waals surface area (Å²) in [5.41, 5.74) is 2.32. The Balaban J connectivity index is 1.93. The van der Waals surface area contributed by atoms with Gasteiger partial charge in [0.1, 0.15) is 5.60 Å². The van der Waals surface area contributed by atoms with Gasteiger partial charge in [-0.05, 0) is 31.4 Å². The Kier molecular flexibility index (Phi) is 3.23. The number of hydrogen-bond donors (Lipinski definition) is 2. The van der Waals surface area contributed by atoms with E-state index < -0.39 is 0 Å². The van der Waals surface area contributed by atoms with E-state index in [0.29, 0.717) is 11.8 Å². The molecular weight excluding hydrogens is 262 g/mol. The number of hydrogen-bond acceptors (Lipinski definition) is 3. The molecule has 2 N–H and O–H groups in total. The van der Waals surface area contributed by atoms with Crippen LogP contribution in [0.4, 0.5) is 0 Å². The van der Waals surface area contributed by atoms with Gasteiger partial charge in [-0.2, -0.15) is 5.10 Å². The smallest absolute Gasteiger partial charge is 0.102 e. The number of fused-ring (bicyclic) bond motifs is 3. The number of aromatic amines is 1. The summed E-state index contributed by atoms with van der Waals surface area (Å²) in [5.74, 6) is 1.12. The van der Waals surface area contributed by atoms with Gasteiger partial charge in [0.05, 0.1) is 11.7 Å². The summed E-state index contributed by atoms with van der Waals surface area (Å²) in [4.78, 5) is 0. The van der Waals surface area contributed by atoms with Gasteiger partial charge in [0.25, 0.3) is 0 Å². The zero-order valence-corrected chi connectivity index (χ0v) is 12.6. The molecule has 0 radical (unpaired) electrons. The van der Waals surface area contributed by atoms with Crippen LogP contribution in [0.3, 0.4) is 0 Å². The third-order valence-electron chi connectivity index (χ3n) is 5.39. The maximum atomic E-state index is 6.52. The molecular formula is C17H23N3O. The van der Waals surface area contributed by atoms with Gasteiger partial charge in [-0.3, -0.25) is 5.10 Å². The molecule has 1 aliphatic carbocycles. The average molecular weight is 285 g/mol. The summed E-state index contributed by atoms with van der Waals surface area (Å²) in [7, 11) is 0. The predicted molar refractivity (Wildman–Crippen MR) is 83.1 cm³/mol. The van der Waals surface area contributed by atoms with Crippen LogP contribution in [0.2, 0.25) is 0 Å². The van der Waals surface area contributed by atoms with Crippen molar-refractivity contribution >= 4 is 10.9 Å². The Labute approximate surface area is 125 Å². The van der Waals surface area contributed by atoms with Crippen molar-refractivity contribution in [3.63, 3.8) is 0 Å². The number of ether oxygens (including phenoxy) is 1. The standard InChI is InChI=1S/C17H23N3O/c1-2-21-17(12-5-3-6-13(17)10-18-9-12)15-7-4-8-16-14(15)11-19-20-16/h4,7-8,11-13,18H,2-3,5-6,9-10H2,1H3,(H,19,20). The minimum absolute atomic E-state index is 0.137. The predicted octanol–water partition coefficient (Wildman–Crippen LogP) is 2.81. The lowest BCUT2D eigenvalue weighted by Gasteiger charge is -2.53. The highest BCUT2D eigenvalue weighted by Crippen LogP contribution is 2.51. The van der Waals surface area contributed by atoms with Gasteiger partial charge in [0.2, 0.25) is 0 Å². The number of H-pyrrole nitrogens is 1. The minimum Gasteiger partial charge on any atom is -0.370 e. The molecule has 4 rings (SSSR count). The molecule has 2 unspecified atom stereocenters. The topological polar surface area (TPSA) is 49.9 Å². The van der Waals surface area contributed by atoms with Gasteiger partial charge >= 0.3 is 0 Å². The molecule has 1 aliphatic heterocycles. The molecule has 2 aromatic rings. The number of aromatic nitrogens is 2. The van der Waals surface area contributed by atoms with E-state index in [1.54, 1.807) is 0 Å². The van der Waals surface area contributed by atoms with E-state index in [2.05, 4.69) is 40.6 Å². The van der Waals surface area contributed by atoms with Crippen LogP contribution in [-0.2, 0) is 10.3 Å². The van der Waals surface area contributed by atoms with Gasteiger partial charge in [0.15, 0.2) is 0 Å². The Hall–Kier alpha value is -1.39. The number of benzene rings is 1. The first-order chi connectivity index (χ1) is 10.4. The van der Waals surface area contributed by atoms with Crippen LogP contribution < -0.4 is 5.32 Å². The van der Waals surface area contributed by atoms with E-state index in [1.807, 2.05) is 6.20 Å². The van der Waals surface area contributed by atoms with E-state index in [1.165, 1.54) is 30.2 Å². The molecule has 0 spiro atoms. The fourth-order valence-electron chi connectivity index (χ4n) is 4.61. The van der Waals surface area contributed by atoms with Crippen LogP contribution >= 0.6 is 0 Å². The lowest BCUT2D eigenvalue weighted by Crippen LogP contribution is -2.58. The van der Waals surface area contributed by atoms with Crippen LogP contribution in [0, 0.1) is 11.8 Å². The maximum Gasteiger partial charge on any atom is 0.102 e. The summed E-state index contributed by atoms with van der Waals surface area (Å²) in [5, 5.41) is 12.2. The van der Waals surface area contributed by atoms with Crippen molar-refractivity contribution < 1.29 is 4.74 Å². The van der Waals surface area contributed by atoms with E-state index in [0.717, 1.165) is 25.2 Å². The summed E-state index contributed by atoms with van der Waals surface area (Å²) < 4.78 is 6.52. The Morgan fingerprint density at radius 3 is 2.86 bits per heavy atom. The van der Waals surface area contributed by atoms with Crippen molar-refractivity contribution in [2.75, 3.05) is 19.7 Å². The fourth-order valence-corrected chi connectivity index (χ4v) is 4.61. The molecule has 4 nitrogen and oxygen atoms in total. The van der Waals surface area contributed by atoms with Crippen LogP contribution in [0.15, 0.2) is 24.4 Å². The first-order valence-electron chi connectivity index (χ1n) is 8.13. The summed E-state index contributed by atoms with van der Waals surface area (Å²) >= 11 is 0. The third kappa shape index (κ3) is 1.86. The third-order valence-corrected chi connectivity index (χ3v) is 5.39. The van der Waals surface area contributed by atoms with Crippen molar-refractivity contribution in [2.45, 2.75) is 31.8 Å². The van der Waals surface area contributed by atoms with Gasteiger partial charge < -0.3 is 10.1 Å². The first-order valence-corrected chi connectivity index (χ1v) is 8.13. The van der Waals surface area contributed by atoms with Crippen molar-refractivity contribution in [1.82, 2.24) is 15.5 Å². The molecule has 2 aliphatic rings. The van der Waals surface area contributed by atoms with Crippen molar-refractivity contribution in [3.8, 4) is 0 Å².